The van der Waals surface area contributed by atoms with E-state index in [0.29, 0.717) is 13.0 Å². The Hall–Kier alpha value is -1.16. The largest absolute Gasteiger partial charge is 0.439 e. The summed E-state index contributed by atoms with van der Waals surface area (Å²) in [6.07, 6.45) is 3.26. The van der Waals surface area contributed by atoms with Gasteiger partial charge in [-0.15, -0.1) is 0 Å². The number of aromatic nitrogens is 1. The highest BCUT2D eigenvalue weighted by Crippen LogP contribution is 2.22. The summed E-state index contributed by atoms with van der Waals surface area (Å²) in [5, 5.41) is 0. The van der Waals surface area contributed by atoms with E-state index >= 15 is 0 Å². The molecule has 0 amide bonds. The molecule has 0 saturated heterocycles. The van der Waals surface area contributed by atoms with Gasteiger partial charge in [0.2, 0.25) is 5.78 Å². The Balaban J connectivity index is 2.18. The lowest BCUT2D eigenvalue weighted by Crippen LogP contribution is -2.08. The van der Waals surface area contributed by atoms with Crippen molar-refractivity contribution >= 4 is 5.78 Å². The van der Waals surface area contributed by atoms with Crippen molar-refractivity contribution in [3.8, 4) is 0 Å². The minimum Gasteiger partial charge on any atom is -0.439 e. The molecule has 0 fully saturated rings. The second kappa shape index (κ2) is 3.30. The molecule has 0 spiro atoms. The molecule has 13 heavy (non-hydrogen) atoms. The lowest BCUT2D eigenvalue weighted by Gasteiger charge is -1.91. The molecule has 0 aromatic carbocycles. The molecular weight excluding hydrogens is 168 g/mol. The molecular formula is C9H12N2O2. The Morgan fingerprint density at radius 3 is 3.08 bits per heavy atom. The number of nitrogens with zero attached hydrogens (tertiary/aromatic N) is 1. The summed E-state index contributed by atoms with van der Waals surface area (Å²) in [7, 11) is 0. The molecule has 0 bridgehead atoms. The summed E-state index contributed by atoms with van der Waals surface area (Å²) in [6, 6.07) is 0. The summed E-state index contributed by atoms with van der Waals surface area (Å²) in [6.45, 7) is 0.353. The van der Waals surface area contributed by atoms with Gasteiger partial charge in [0, 0.05) is 12.8 Å². The van der Waals surface area contributed by atoms with Gasteiger partial charge >= 0.3 is 0 Å². The molecule has 0 atom stereocenters. The lowest BCUT2D eigenvalue weighted by atomic mass is 10.3. The van der Waals surface area contributed by atoms with Crippen LogP contribution < -0.4 is 5.73 Å². The summed E-state index contributed by atoms with van der Waals surface area (Å²) in [5.41, 5.74) is 6.23. The first-order chi connectivity index (χ1) is 6.31. The van der Waals surface area contributed by atoms with Crippen LogP contribution in [0.15, 0.2) is 4.42 Å². The van der Waals surface area contributed by atoms with Crippen LogP contribution in [-0.4, -0.2) is 17.3 Å². The van der Waals surface area contributed by atoms with Gasteiger partial charge in [0.15, 0.2) is 0 Å². The van der Waals surface area contributed by atoms with Gasteiger partial charge in [0.1, 0.15) is 5.76 Å². The van der Waals surface area contributed by atoms with E-state index < -0.39 is 0 Å². The van der Waals surface area contributed by atoms with Crippen LogP contribution in [0.3, 0.4) is 0 Å². The Morgan fingerprint density at radius 1 is 1.54 bits per heavy atom. The summed E-state index contributed by atoms with van der Waals surface area (Å²) in [4.78, 5) is 15.5. The van der Waals surface area contributed by atoms with Gasteiger partial charge in [-0.3, -0.25) is 4.79 Å². The Morgan fingerprint density at radius 2 is 2.38 bits per heavy atom. The van der Waals surface area contributed by atoms with Gasteiger partial charge in [-0.25, -0.2) is 4.98 Å². The van der Waals surface area contributed by atoms with Crippen molar-refractivity contribution in [2.45, 2.75) is 25.7 Å². The number of hydrogen-bond acceptors (Lipinski definition) is 4. The molecule has 4 heteroatoms. The fraction of sp³-hybridized carbons (Fsp3) is 0.556. The first-order valence-corrected chi connectivity index (χ1v) is 4.53. The lowest BCUT2D eigenvalue weighted by molar-refractivity contribution is 0.0950. The molecule has 1 aromatic heterocycles. The average molecular weight is 180 g/mol. The molecule has 4 nitrogen and oxygen atoms in total. The first-order valence-electron chi connectivity index (χ1n) is 4.53. The van der Waals surface area contributed by atoms with Gasteiger partial charge in [-0.1, -0.05) is 0 Å². The number of carbonyl (C=O) groups is 1. The van der Waals surface area contributed by atoms with Crippen molar-refractivity contribution < 1.29 is 9.21 Å². The van der Waals surface area contributed by atoms with Crippen molar-refractivity contribution in [1.82, 2.24) is 4.98 Å². The fourth-order valence-electron chi connectivity index (χ4n) is 1.55. The van der Waals surface area contributed by atoms with Crippen LogP contribution in [0.25, 0.3) is 0 Å². The number of ketones is 1. The standard InChI is InChI=1S/C9H12N2O2/c10-5-4-7(12)9-11-6-2-1-3-8(6)13-9/h1-5,10H2. The van der Waals surface area contributed by atoms with Crippen molar-refractivity contribution in [1.29, 1.82) is 0 Å². The van der Waals surface area contributed by atoms with Crippen LogP contribution in [0.1, 0.15) is 35.0 Å². The third-order valence-electron chi connectivity index (χ3n) is 2.21. The molecule has 1 heterocycles. The minimum absolute atomic E-state index is 0.0862. The van der Waals surface area contributed by atoms with Gasteiger partial charge in [-0.2, -0.15) is 0 Å². The topological polar surface area (TPSA) is 69.1 Å². The van der Waals surface area contributed by atoms with Crippen molar-refractivity contribution in [2.24, 2.45) is 5.73 Å². The highest BCUT2D eigenvalue weighted by Gasteiger charge is 2.21. The number of carbonyl (C=O) groups excluding carboxylic acids is 1. The maximum absolute atomic E-state index is 11.3. The smallest absolute Gasteiger partial charge is 0.263 e. The average Bonchev–Trinajstić information content (AvgIpc) is 2.61. The zero-order chi connectivity index (χ0) is 9.26. The van der Waals surface area contributed by atoms with E-state index in [1.807, 2.05) is 0 Å². The molecule has 1 aliphatic rings. The van der Waals surface area contributed by atoms with E-state index in [9.17, 15) is 4.79 Å². The summed E-state index contributed by atoms with van der Waals surface area (Å²) in [5.74, 6) is 1.05. The monoisotopic (exact) mass is 180 g/mol. The SMILES string of the molecule is NCCC(=O)c1nc2c(o1)CCC2. The molecule has 0 radical (unpaired) electrons. The minimum atomic E-state index is -0.0862. The van der Waals surface area contributed by atoms with Gasteiger partial charge in [0.05, 0.1) is 5.69 Å². The fourth-order valence-corrected chi connectivity index (χ4v) is 1.55. The number of oxazole rings is 1. The number of fused-ring (bicyclic) bond motifs is 1. The Kier molecular flexibility index (Phi) is 2.14. The van der Waals surface area contributed by atoms with Gasteiger partial charge < -0.3 is 10.2 Å². The number of aryl methyl sites for hydroxylation is 2. The summed E-state index contributed by atoms with van der Waals surface area (Å²) < 4.78 is 5.32. The third kappa shape index (κ3) is 1.49. The number of rotatable bonds is 3. The normalized spacial score (nSPS) is 14.5. The summed E-state index contributed by atoms with van der Waals surface area (Å²) >= 11 is 0. The van der Waals surface area contributed by atoms with E-state index in [2.05, 4.69) is 4.98 Å². The number of nitrogens with two attached hydrogens (primary N) is 1. The maximum Gasteiger partial charge on any atom is 0.263 e. The maximum atomic E-state index is 11.3. The molecule has 0 aliphatic heterocycles. The molecule has 2 N–H and O–H groups in total. The molecule has 1 aliphatic carbocycles. The van der Waals surface area contributed by atoms with E-state index in [4.69, 9.17) is 10.2 Å². The quantitative estimate of drug-likeness (QED) is 0.695. The van der Waals surface area contributed by atoms with E-state index in [-0.39, 0.29) is 11.7 Å². The Labute approximate surface area is 76.1 Å². The van der Waals surface area contributed by atoms with Gasteiger partial charge in [0.25, 0.3) is 5.89 Å². The van der Waals surface area contributed by atoms with Crippen LogP contribution in [0, 0.1) is 0 Å². The molecule has 70 valence electrons. The number of hydrogen-bond donors (Lipinski definition) is 1. The van der Waals surface area contributed by atoms with Crippen molar-refractivity contribution in [3.05, 3.63) is 17.3 Å². The molecule has 0 unspecified atom stereocenters. The van der Waals surface area contributed by atoms with E-state index in [1.165, 1.54) is 0 Å². The predicted molar refractivity (Wildman–Crippen MR) is 46.5 cm³/mol. The van der Waals surface area contributed by atoms with Crippen LogP contribution in [0.2, 0.25) is 0 Å². The Bertz CT molecular complexity index is 309. The second-order valence-electron chi connectivity index (χ2n) is 3.20. The van der Waals surface area contributed by atoms with Crippen molar-refractivity contribution in [3.63, 3.8) is 0 Å². The number of Topliss-reactive ketones (excluding diaryl/α,β-unsaturated/α-hetero) is 1. The molecule has 1 aromatic rings. The highest BCUT2D eigenvalue weighted by molar-refractivity contribution is 5.91. The first kappa shape index (κ1) is 8.44. The van der Waals surface area contributed by atoms with Crippen molar-refractivity contribution in [2.75, 3.05) is 6.54 Å². The van der Waals surface area contributed by atoms with Crippen LogP contribution in [-0.2, 0) is 12.8 Å². The van der Waals surface area contributed by atoms with Crippen LogP contribution >= 0.6 is 0 Å². The highest BCUT2D eigenvalue weighted by atomic mass is 16.4. The predicted octanol–water partition coefficient (Wildman–Crippen LogP) is 0.695. The zero-order valence-corrected chi connectivity index (χ0v) is 7.38. The zero-order valence-electron chi connectivity index (χ0n) is 7.38. The van der Waals surface area contributed by atoms with Gasteiger partial charge in [-0.05, 0) is 19.4 Å². The van der Waals surface area contributed by atoms with E-state index in [0.717, 1.165) is 30.7 Å². The van der Waals surface area contributed by atoms with Crippen LogP contribution in [0.4, 0.5) is 0 Å². The third-order valence-corrected chi connectivity index (χ3v) is 2.21. The second-order valence-corrected chi connectivity index (χ2v) is 3.20. The van der Waals surface area contributed by atoms with E-state index in [1.54, 1.807) is 0 Å². The molecule has 0 saturated carbocycles. The molecule has 2 rings (SSSR count). The van der Waals surface area contributed by atoms with Crippen LogP contribution in [0.5, 0.6) is 0 Å².